The van der Waals surface area contributed by atoms with Crippen molar-refractivity contribution < 1.29 is 9.13 Å². The number of methoxy groups -OCH3 is 1. The van der Waals surface area contributed by atoms with E-state index in [4.69, 9.17) is 16.3 Å². The van der Waals surface area contributed by atoms with E-state index in [0.717, 1.165) is 19.5 Å². The molecule has 1 aliphatic rings. The van der Waals surface area contributed by atoms with E-state index in [2.05, 4.69) is 11.8 Å². The molecule has 94 valence electrons. The SMILES string of the molecule is CCN1CCC(OC)C1c1cccc(Cl)c1F. The lowest BCUT2D eigenvalue weighted by Gasteiger charge is -2.27. The van der Waals surface area contributed by atoms with Gasteiger partial charge in [-0.15, -0.1) is 0 Å². The Morgan fingerprint density at radius 3 is 2.94 bits per heavy atom. The summed E-state index contributed by atoms with van der Waals surface area (Å²) in [7, 11) is 1.68. The highest BCUT2D eigenvalue weighted by Gasteiger charge is 2.36. The van der Waals surface area contributed by atoms with Crippen molar-refractivity contribution in [2.75, 3.05) is 20.2 Å². The Hall–Kier alpha value is -0.640. The van der Waals surface area contributed by atoms with Crippen LogP contribution in [0, 0.1) is 5.82 Å². The van der Waals surface area contributed by atoms with Crippen LogP contribution in [0.2, 0.25) is 5.02 Å². The summed E-state index contributed by atoms with van der Waals surface area (Å²) in [6.07, 6.45) is 0.976. The number of ether oxygens (including phenoxy) is 1. The van der Waals surface area contributed by atoms with Gasteiger partial charge in [0.2, 0.25) is 0 Å². The van der Waals surface area contributed by atoms with Gasteiger partial charge in [-0.2, -0.15) is 0 Å². The molecule has 4 heteroatoms. The van der Waals surface area contributed by atoms with E-state index in [1.807, 2.05) is 0 Å². The lowest BCUT2D eigenvalue weighted by molar-refractivity contribution is 0.0654. The van der Waals surface area contributed by atoms with E-state index in [1.165, 1.54) is 0 Å². The smallest absolute Gasteiger partial charge is 0.146 e. The number of likely N-dealkylation sites (N-methyl/N-ethyl adjacent to an activating group) is 1. The van der Waals surface area contributed by atoms with Crippen LogP contribution in [-0.4, -0.2) is 31.2 Å². The number of hydrogen-bond donors (Lipinski definition) is 0. The monoisotopic (exact) mass is 257 g/mol. The third-order valence-electron chi connectivity index (χ3n) is 3.46. The Kier molecular flexibility index (Phi) is 4.02. The van der Waals surface area contributed by atoms with Gasteiger partial charge in [-0.1, -0.05) is 30.7 Å². The molecule has 1 heterocycles. The first-order valence-corrected chi connectivity index (χ1v) is 6.27. The van der Waals surface area contributed by atoms with Crippen LogP contribution in [0.4, 0.5) is 4.39 Å². The molecule has 17 heavy (non-hydrogen) atoms. The fourth-order valence-electron chi connectivity index (χ4n) is 2.57. The fraction of sp³-hybridized carbons (Fsp3) is 0.538. The first-order chi connectivity index (χ1) is 8.19. The number of rotatable bonds is 3. The fourth-order valence-corrected chi connectivity index (χ4v) is 2.75. The molecule has 0 aliphatic carbocycles. The Morgan fingerprint density at radius 2 is 2.29 bits per heavy atom. The van der Waals surface area contributed by atoms with Crippen LogP contribution in [0.3, 0.4) is 0 Å². The first-order valence-electron chi connectivity index (χ1n) is 5.89. The van der Waals surface area contributed by atoms with Crippen LogP contribution >= 0.6 is 11.6 Å². The van der Waals surface area contributed by atoms with Crippen LogP contribution in [0.15, 0.2) is 18.2 Å². The summed E-state index contributed by atoms with van der Waals surface area (Å²) < 4.78 is 19.5. The average Bonchev–Trinajstić information content (AvgIpc) is 2.75. The third-order valence-corrected chi connectivity index (χ3v) is 3.75. The van der Waals surface area contributed by atoms with Crippen molar-refractivity contribution in [1.82, 2.24) is 4.90 Å². The van der Waals surface area contributed by atoms with Crippen LogP contribution in [0.5, 0.6) is 0 Å². The lowest BCUT2D eigenvalue weighted by atomic mass is 10.0. The molecule has 0 spiro atoms. The van der Waals surface area contributed by atoms with Crippen LogP contribution in [-0.2, 0) is 4.74 Å². The maximum atomic E-state index is 14.1. The van der Waals surface area contributed by atoms with Gasteiger partial charge >= 0.3 is 0 Å². The van der Waals surface area contributed by atoms with Crippen LogP contribution in [0.25, 0.3) is 0 Å². The van der Waals surface area contributed by atoms with Gasteiger partial charge in [0, 0.05) is 19.2 Å². The molecule has 0 bridgehead atoms. The molecule has 2 rings (SSSR count). The molecular weight excluding hydrogens is 241 g/mol. The predicted molar refractivity (Wildman–Crippen MR) is 66.8 cm³/mol. The zero-order valence-electron chi connectivity index (χ0n) is 10.1. The van der Waals surface area contributed by atoms with Gasteiger partial charge in [0.1, 0.15) is 5.82 Å². The summed E-state index contributed by atoms with van der Waals surface area (Å²) >= 11 is 5.84. The van der Waals surface area contributed by atoms with Crippen molar-refractivity contribution in [1.29, 1.82) is 0 Å². The molecule has 2 atom stereocenters. The third kappa shape index (κ3) is 2.32. The summed E-state index contributed by atoms with van der Waals surface area (Å²) in [5.74, 6) is -0.318. The number of nitrogens with zero attached hydrogens (tertiary/aromatic N) is 1. The number of likely N-dealkylation sites (tertiary alicyclic amines) is 1. The Morgan fingerprint density at radius 1 is 1.53 bits per heavy atom. The van der Waals surface area contributed by atoms with Gasteiger partial charge in [0.15, 0.2) is 0 Å². The predicted octanol–water partition coefficient (Wildman–Crippen LogP) is 3.26. The zero-order valence-corrected chi connectivity index (χ0v) is 10.9. The van der Waals surface area contributed by atoms with Gasteiger partial charge in [0.05, 0.1) is 17.2 Å². The van der Waals surface area contributed by atoms with Crippen LogP contribution in [0.1, 0.15) is 24.9 Å². The Balaban J connectivity index is 2.38. The molecule has 0 saturated carbocycles. The Labute approximate surface area is 106 Å². The van der Waals surface area contributed by atoms with Crippen LogP contribution < -0.4 is 0 Å². The largest absolute Gasteiger partial charge is 0.379 e. The van der Waals surface area contributed by atoms with Gasteiger partial charge in [-0.25, -0.2) is 4.39 Å². The Bertz CT molecular complexity index is 387. The van der Waals surface area contributed by atoms with Gasteiger partial charge in [-0.05, 0) is 19.0 Å². The maximum absolute atomic E-state index is 14.1. The average molecular weight is 258 g/mol. The minimum absolute atomic E-state index is 0.0244. The molecule has 0 radical (unpaired) electrons. The zero-order chi connectivity index (χ0) is 12.4. The van der Waals surface area contributed by atoms with Gasteiger partial charge in [0.25, 0.3) is 0 Å². The van der Waals surface area contributed by atoms with Crippen molar-refractivity contribution in [2.45, 2.75) is 25.5 Å². The molecule has 0 aromatic heterocycles. The van der Waals surface area contributed by atoms with E-state index < -0.39 is 0 Å². The summed E-state index contributed by atoms with van der Waals surface area (Å²) in [6, 6.07) is 5.14. The molecule has 1 fully saturated rings. The van der Waals surface area contributed by atoms with E-state index in [0.29, 0.717) is 5.56 Å². The highest BCUT2D eigenvalue weighted by Crippen LogP contribution is 2.36. The molecule has 2 unspecified atom stereocenters. The summed E-state index contributed by atoms with van der Waals surface area (Å²) in [6.45, 7) is 3.90. The molecule has 1 aromatic rings. The standard InChI is InChI=1S/C13H17ClFNO/c1-3-16-8-7-11(17-2)13(16)9-5-4-6-10(14)12(9)15/h4-6,11,13H,3,7-8H2,1-2H3. The molecular formula is C13H17ClFNO. The molecule has 1 aliphatic heterocycles. The highest BCUT2D eigenvalue weighted by atomic mass is 35.5. The van der Waals surface area contributed by atoms with Crippen molar-refractivity contribution in [3.05, 3.63) is 34.6 Å². The second-order valence-electron chi connectivity index (χ2n) is 4.28. The molecule has 1 saturated heterocycles. The molecule has 0 amide bonds. The van der Waals surface area contributed by atoms with Crippen molar-refractivity contribution in [2.24, 2.45) is 0 Å². The van der Waals surface area contributed by atoms with Crippen molar-refractivity contribution >= 4 is 11.6 Å². The number of benzene rings is 1. The molecule has 0 N–H and O–H groups in total. The molecule has 2 nitrogen and oxygen atoms in total. The number of hydrogen-bond acceptors (Lipinski definition) is 2. The van der Waals surface area contributed by atoms with E-state index >= 15 is 0 Å². The van der Waals surface area contributed by atoms with Crippen molar-refractivity contribution in [3.8, 4) is 0 Å². The van der Waals surface area contributed by atoms with Crippen molar-refractivity contribution in [3.63, 3.8) is 0 Å². The number of halogens is 2. The van der Waals surface area contributed by atoms with E-state index in [9.17, 15) is 4.39 Å². The quantitative estimate of drug-likeness (QED) is 0.824. The van der Waals surface area contributed by atoms with E-state index in [1.54, 1.807) is 25.3 Å². The summed E-state index contributed by atoms with van der Waals surface area (Å²) in [5.41, 5.74) is 0.642. The molecule has 1 aromatic carbocycles. The normalized spacial score (nSPS) is 25.4. The summed E-state index contributed by atoms with van der Waals surface area (Å²) in [5, 5.41) is 0.181. The first kappa shape index (κ1) is 12.8. The second-order valence-corrected chi connectivity index (χ2v) is 4.69. The summed E-state index contributed by atoms with van der Waals surface area (Å²) in [4.78, 5) is 2.23. The minimum Gasteiger partial charge on any atom is -0.379 e. The van der Waals surface area contributed by atoms with Gasteiger partial charge in [-0.3, -0.25) is 4.90 Å². The minimum atomic E-state index is -0.318. The van der Waals surface area contributed by atoms with Gasteiger partial charge < -0.3 is 4.74 Å². The van der Waals surface area contributed by atoms with E-state index in [-0.39, 0.29) is 23.0 Å². The maximum Gasteiger partial charge on any atom is 0.146 e. The second kappa shape index (κ2) is 5.34. The lowest BCUT2D eigenvalue weighted by Crippen LogP contribution is -2.28. The highest BCUT2D eigenvalue weighted by molar-refractivity contribution is 6.30. The topological polar surface area (TPSA) is 12.5 Å².